The average molecular weight is 268 g/mol. The molecule has 0 amide bonds. The molecule has 0 unspecified atom stereocenters. The van der Waals surface area contributed by atoms with E-state index in [4.69, 9.17) is 0 Å². The van der Waals surface area contributed by atoms with Crippen LogP contribution in [0.25, 0.3) is 10.8 Å². The minimum atomic E-state index is 0.248. The van der Waals surface area contributed by atoms with E-state index in [1.54, 1.807) is 24.5 Å². The van der Waals surface area contributed by atoms with Gasteiger partial charge in [0.25, 0.3) is 0 Å². The van der Waals surface area contributed by atoms with Gasteiger partial charge < -0.3 is 15.0 Å². The van der Waals surface area contributed by atoms with Crippen molar-refractivity contribution >= 4 is 16.6 Å². The van der Waals surface area contributed by atoms with Crippen molar-refractivity contribution in [3.8, 4) is 5.75 Å². The largest absolute Gasteiger partial charge is 0.508 e. The molecule has 2 N–H and O–H groups in total. The fourth-order valence-electron chi connectivity index (χ4n) is 2.23. The fraction of sp³-hybridized carbons (Fsp3) is 0.200. The number of nitrogens with zero attached hydrogens (tertiary/aromatic N) is 3. The van der Waals surface area contributed by atoms with Crippen molar-refractivity contribution in [3.63, 3.8) is 0 Å². The second kappa shape index (κ2) is 5.21. The number of benzene rings is 1. The smallest absolute Gasteiger partial charge is 0.133 e. The molecule has 20 heavy (non-hydrogen) atoms. The van der Waals surface area contributed by atoms with E-state index in [0.717, 1.165) is 35.4 Å². The quantitative estimate of drug-likeness (QED) is 0.762. The summed E-state index contributed by atoms with van der Waals surface area (Å²) < 4.78 is 2.00. The fourth-order valence-corrected chi connectivity index (χ4v) is 2.23. The van der Waals surface area contributed by atoms with Crippen molar-refractivity contribution in [2.45, 2.75) is 6.42 Å². The van der Waals surface area contributed by atoms with Crippen molar-refractivity contribution in [3.05, 3.63) is 48.7 Å². The molecule has 1 aromatic carbocycles. The summed E-state index contributed by atoms with van der Waals surface area (Å²) in [7, 11) is 1.98. The van der Waals surface area contributed by atoms with Crippen LogP contribution in [0.2, 0.25) is 0 Å². The number of imidazole rings is 1. The summed E-state index contributed by atoms with van der Waals surface area (Å²) in [4.78, 5) is 8.63. The number of pyridine rings is 1. The van der Waals surface area contributed by atoms with Crippen LogP contribution in [0, 0.1) is 0 Å². The summed E-state index contributed by atoms with van der Waals surface area (Å²) in [5.41, 5.74) is 0. The van der Waals surface area contributed by atoms with Crippen molar-refractivity contribution in [2.24, 2.45) is 7.05 Å². The molecule has 2 aromatic heterocycles. The van der Waals surface area contributed by atoms with E-state index in [0.29, 0.717) is 0 Å². The number of nitrogens with one attached hydrogen (secondary N) is 1. The van der Waals surface area contributed by atoms with Crippen LogP contribution in [0.1, 0.15) is 5.82 Å². The third kappa shape index (κ3) is 2.42. The van der Waals surface area contributed by atoms with Gasteiger partial charge in [-0.3, -0.25) is 0 Å². The molecule has 102 valence electrons. The van der Waals surface area contributed by atoms with Crippen molar-refractivity contribution in [1.29, 1.82) is 0 Å². The molecule has 0 radical (unpaired) electrons. The number of anilines is 1. The van der Waals surface area contributed by atoms with Gasteiger partial charge in [0.15, 0.2) is 0 Å². The first-order valence-electron chi connectivity index (χ1n) is 6.52. The normalized spacial score (nSPS) is 10.8. The zero-order valence-electron chi connectivity index (χ0n) is 11.2. The Labute approximate surface area is 116 Å². The zero-order chi connectivity index (χ0) is 13.9. The van der Waals surface area contributed by atoms with Crippen molar-refractivity contribution < 1.29 is 5.11 Å². The van der Waals surface area contributed by atoms with Crippen LogP contribution < -0.4 is 5.32 Å². The lowest BCUT2D eigenvalue weighted by Crippen LogP contribution is -2.09. The summed E-state index contributed by atoms with van der Waals surface area (Å²) >= 11 is 0. The minimum Gasteiger partial charge on any atom is -0.508 e. The van der Waals surface area contributed by atoms with Gasteiger partial charge in [0.2, 0.25) is 0 Å². The predicted octanol–water partition coefficient (Wildman–Crippen LogP) is 2.33. The van der Waals surface area contributed by atoms with E-state index in [-0.39, 0.29) is 5.75 Å². The Morgan fingerprint density at radius 1 is 1.20 bits per heavy atom. The van der Waals surface area contributed by atoms with Crippen LogP contribution in [0.4, 0.5) is 5.82 Å². The molecule has 0 saturated carbocycles. The zero-order valence-corrected chi connectivity index (χ0v) is 11.2. The molecule has 5 nitrogen and oxygen atoms in total. The summed E-state index contributed by atoms with van der Waals surface area (Å²) in [6.45, 7) is 0.743. The Morgan fingerprint density at radius 2 is 2.10 bits per heavy atom. The summed E-state index contributed by atoms with van der Waals surface area (Å²) in [6, 6.07) is 7.22. The third-order valence-corrected chi connectivity index (χ3v) is 3.31. The highest BCUT2D eigenvalue weighted by Gasteiger charge is 2.04. The molecule has 0 aliphatic rings. The number of phenolic OH excluding ortho intramolecular Hbond substituents is 1. The van der Waals surface area contributed by atoms with Gasteiger partial charge in [0.05, 0.1) is 0 Å². The number of hydrogen-bond donors (Lipinski definition) is 2. The van der Waals surface area contributed by atoms with Crippen molar-refractivity contribution in [1.82, 2.24) is 14.5 Å². The number of aryl methyl sites for hydroxylation is 1. The Morgan fingerprint density at radius 3 is 2.90 bits per heavy atom. The van der Waals surface area contributed by atoms with E-state index in [1.165, 1.54) is 0 Å². The highest BCUT2D eigenvalue weighted by molar-refractivity contribution is 5.92. The van der Waals surface area contributed by atoms with Gasteiger partial charge in [-0.15, -0.1) is 0 Å². The van der Waals surface area contributed by atoms with Crippen LogP contribution in [0.5, 0.6) is 5.75 Å². The van der Waals surface area contributed by atoms with Gasteiger partial charge in [-0.05, 0) is 23.6 Å². The predicted molar refractivity (Wildman–Crippen MR) is 78.8 cm³/mol. The second-order valence-electron chi connectivity index (χ2n) is 4.70. The van der Waals surface area contributed by atoms with E-state index < -0.39 is 0 Å². The van der Waals surface area contributed by atoms with Gasteiger partial charge in [-0.25, -0.2) is 9.97 Å². The molecule has 0 bridgehead atoms. The van der Waals surface area contributed by atoms with Crippen LogP contribution >= 0.6 is 0 Å². The van der Waals surface area contributed by atoms with E-state index in [2.05, 4.69) is 15.3 Å². The highest BCUT2D eigenvalue weighted by Crippen LogP contribution is 2.24. The first-order chi connectivity index (χ1) is 9.74. The number of rotatable bonds is 4. The number of fused-ring (bicyclic) bond motifs is 1. The maximum atomic E-state index is 9.60. The van der Waals surface area contributed by atoms with Gasteiger partial charge in [0.1, 0.15) is 17.4 Å². The number of aromatic hydroxyl groups is 1. The van der Waals surface area contributed by atoms with Crippen molar-refractivity contribution in [2.75, 3.05) is 11.9 Å². The van der Waals surface area contributed by atoms with Gasteiger partial charge in [-0.1, -0.05) is 6.07 Å². The Kier molecular flexibility index (Phi) is 3.25. The Hall–Kier alpha value is -2.56. The topological polar surface area (TPSA) is 63.0 Å². The average Bonchev–Trinajstić information content (AvgIpc) is 2.85. The molecule has 3 aromatic rings. The molecular formula is C15H16N4O. The van der Waals surface area contributed by atoms with Crippen LogP contribution in [0.15, 0.2) is 42.9 Å². The van der Waals surface area contributed by atoms with Gasteiger partial charge >= 0.3 is 0 Å². The number of hydrogen-bond acceptors (Lipinski definition) is 4. The summed E-state index contributed by atoms with van der Waals surface area (Å²) in [6.07, 6.45) is 6.32. The van der Waals surface area contributed by atoms with E-state index in [9.17, 15) is 5.11 Å². The van der Waals surface area contributed by atoms with E-state index in [1.807, 2.05) is 29.9 Å². The van der Waals surface area contributed by atoms with Crippen LogP contribution in [-0.2, 0) is 13.5 Å². The molecule has 5 heteroatoms. The SMILES string of the molecule is Cn1ccnc1CCNc1nccc2ccc(O)cc12. The molecule has 0 saturated heterocycles. The first kappa shape index (κ1) is 12.5. The molecule has 0 atom stereocenters. The maximum Gasteiger partial charge on any atom is 0.133 e. The monoisotopic (exact) mass is 268 g/mol. The lowest BCUT2D eigenvalue weighted by atomic mass is 10.1. The second-order valence-corrected chi connectivity index (χ2v) is 4.70. The lowest BCUT2D eigenvalue weighted by molar-refractivity contribution is 0.476. The molecule has 3 rings (SSSR count). The van der Waals surface area contributed by atoms with Crippen LogP contribution in [-0.4, -0.2) is 26.2 Å². The van der Waals surface area contributed by atoms with E-state index >= 15 is 0 Å². The lowest BCUT2D eigenvalue weighted by Gasteiger charge is -2.09. The molecule has 2 heterocycles. The maximum absolute atomic E-state index is 9.60. The standard InChI is InChI=1S/C15H16N4O/c1-19-9-8-16-14(19)5-7-18-15-13-10-12(20)3-2-11(13)4-6-17-15/h2-4,6,8-10,20H,5,7H2,1H3,(H,17,18). The summed E-state index contributed by atoms with van der Waals surface area (Å²) in [5.74, 6) is 2.06. The van der Waals surface area contributed by atoms with Crippen LogP contribution in [0.3, 0.4) is 0 Å². The van der Waals surface area contributed by atoms with Gasteiger partial charge in [-0.2, -0.15) is 0 Å². The Balaban J connectivity index is 1.77. The third-order valence-electron chi connectivity index (χ3n) is 3.31. The number of phenols is 1. The minimum absolute atomic E-state index is 0.248. The molecule has 0 spiro atoms. The first-order valence-corrected chi connectivity index (χ1v) is 6.52. The number of aromatic nitrogens is 3. The molecule has 0 aliphatic carbocycles. The molecule has 0 fully saturated rings. The van der Waals surface area contributed by atoms with Gasteiger partial charge in [0, 0.05) is 44.0 Å². The highest BCUT2D eigenvalue weighted by atomic mass is 16.3. The molecular weight excluding hydrogens is 252 g/mol. The Bertz CT molecular complexity index is 736. The molecule has 0 aliphatic heterocycles. The summed E-state index contributed by atoms with van der Waals surface area (Å²) in [5, 5.41) is 14.9.